The third-order valence-electron chi connectivity index (χ3n) is 5.29. The number of nitrogens with one attached hydrogen (secondary N) is 1. The number of fused-ring (bicyclic) bond motifs is 1. The maximum absolute atomic E-state index is 13.2. The Morgan fingerprint density at radius 3 is 2.58 bits per heavy atom. The van der Waals surface area contributed by atoms with Crippen LogP contribution in [0.15, 0.2) is 54.6 Å². The van der Waals surface area contributed by atoms with Crippen molar-refractivity contribution >= 4 is 34.0 Å². The molecule has 1 heterocycles. The number of carbonyl (C=O) groups is 2. The molecule has 31 heavy (non-hydrogen) atoms. The Kier molecular flexibility index (Phi) is 6.62. The zero-order chi connectivity index (χ0) is 21.6. The predicted octanol–water partition coefficient (Wildman–Crippen LogP) is 4.45. The lowest BCUT2D eigenvalue weighted by molar-refractivity contribution is -0.121. The molecular weight excluding hydrogens is 410 g/mol. The lowest BCUT2D eigenvalue weighted by atomic mass is 10.0. The molecule has 1 aliphatic rings. The topological polar surface area (TPSA) is 71.5 Å². The molecule has 7 heteroatoms. The van der Waals surface area contributed by atoms with E-state index in [4.69, 9.17) is 9.72 Å². The van der Waals surface area contributed by atoms with Gasteiger partial charge >= 0.3 is 5.97 Å². The summed E-state index contributed by atoms with van der Waals surface area (Å²) in [4.78, 5) is 33.4. The number of carbonyl (C=O) groups excluding carboxylic acids is 2. The third kappa shape index (κ3) is 4.94. The number of thiazole rings is 1. The van der Waals surface area contributed by atoms with Crippen LogP contribution in [0.5, 0.6) is 0 Å². The standard InChI is InChI=1S/C24H25N3O3S/c1-25-19-12-6-5-11-18(19)23(29)30-16-22(28)27(15-17-9-3-2-4-10-17)24-26-20-13-7-8-14-21(20)31-24/h2-6,9-12,25H,7-8,13-16H2,1H3. The van der Waals surface area contributed by atoms with E-state index in [9.17, 15) is 9.59 Å². The highest BCUT2D eigenvalue weighted by Crippen LogP contribution is 2.32. The van der Waals surface area contributed by atoms with Crippen molar-refractivity contribution in [1.82, 2.24) is 4.98 Å². The second-order valence-corrected chi connectivity index (χ2v) is 8.47. The number of ether oxygens (including phenoxy) is 1. The second kappa shape index (κ2) is 9.75. The minimum atomic E-state index is -0.531. The van der Waals surface area contributed by atoms with Crippen LogP contribution in [0.1, 0.15) is 39.3 Å². The number of esters is 1. The summed E-state index contributed by atoms with van der Waals surface area (Å²) in [5.74, 6) is -0.818. The number of aryl methyl sites for hydroxylation is 2. The lowest BCUT2D eigenvalue weighted by Gasteiger charge is -2.20. The molecule has 160 valence electrons. The number of rotatable bonds is 7. The molecule has 0 atom stereocenters. The Labute approximate surface area is 185 Å². The third-order valence-corrected chi connectivity index (χ3v) is 6.47. The summed E-state index contributed by atoms with van der Waals surface area (Å²) in [7, 11) is 1.74. The van der Waals surface area contributed by atoms with E-state index < -0.39 is 5.97 Å². The van der Waals surface area contributed by atoms with Gasteiger partial charge in [0, 0.05) is 17.6 Å². The molecule has 6 nitrogen and oxygen atoms in total. The summed E-state index contributed by atoms with van der Waals surface area (Å²) in [6.45, 7) is 0.0463. The fourth-order valence-corrected chi connectivity index (χ4v) is 4.81. The van der Waals surface area contributed by atoms with Gasteiger partial charge in [-0.05, 0) is 43.4 Å². The van der Waals surface area contributed by atoms with Crippen LogP contribution in [-0.2, 0) is 28.9 Å². The number of benzene rings is 2. The highest BCUT2D eigenvalue weighted by atomic mass is 32.1. The van der Waals surface area contributed by atoms with Crippen LogP contribution in [0.2, 0.25) is 0 Å². The summed E-state index contributed by atoms with van der Waals surface area (Å²) in [5, 5.41) is 3.64. The summed E-state index contributed by atoms with van der Waals surface area (Å²) in [6.07, 6.45) is 4.25. The largest absolute Gasteiger partial charge is 0.452 e. The molecule has 4 rings (SSSR count). The zero-order valence-electron chi connectivity index (χ0n) is 17.5. The quantitative estimate of drug-likeness (QED) is 0.555. The summed E-state index contributed by atoms with van der Waals surface area (Å²) < 4.78 is 5.38. The molecule has 0 saturated heterocycles. The van der Waals surface area contributed by atoms with E-state index >= 15 is 0 Å². The molecule has 0 aliphatic heterocycles. The minimum Gasteiger partial charge on any atom is -0.452 e. The van der Waals surface area contributed by atoms with Gasteiger partial charge in [0.05, 0.1) is 17.8 Å². The molecule has 0 unspecified atom stereocenters. The smallest absolute Gasteiger partial charge is 0.340 e. The van der Waals surface area contributed by atoms with E-state index in [1.165, 1.54) is 4.88 Å². The van der Waals surface area contributed by atoms with Crippen molar-refractivity contribution < 1.29 is 14.3 Å². The first-order chi connectivity index (χ1) is 15.2. The highest BCUT2D eigenvalue weighted by molar-refractivity contribution is 7.15. The molecule has 1 aliphatic carbocycles. The summed E-state index contributed by atoms with van der Waals surface area (Å²) in [6, 6.07) is 16.8. The van der Waals surface area contributed by atoms with E-state index in [-0.39, 0.29) is 12.5 Å². The average Bonchev–Trinajstić information content (AvgIpc) is 3.25. The van der Waals surface area contributed by atoms with Crippen molar-refractivity contribution in [3.05, 3.63) is 76.3 Å². The van der Waals surface area contributed by atoms with Gasteiger partial charge in [0.1, 0.15) is 0 Å². The monoisotopic (exact) mass is 435 g/mol. The fourth-order valence-electron chi connectivity index (χ4n) is 3.64. The van der Waals surface area contributed by atoms with Crippen LogP contribution in [-0.4, -0.2) is 30.5 Å². The molecule has 0 bridgehead atoms. The SMILES string of the molecule is CNc1ccccc1C(=O)OCC(=O)N(Cc1ccccc1)c1nc2c(s1)CCCC2. The van der Waals surface area contributed by atoms with Crippen molar-refractivity contribution in [2.24, 2.45) is 0 Å². The van der Waals surface area contributed by atoms with Crippen molar-refractivity contribution in [3.63, 3.8) is 0 Å². The first-order valence-electron chi connectivity index (χ1n) is 10.4. The number of anilines is 2. The van der Waals surface area contributed by atoms with Gasteiger partial charge in [0.15, 0.2) is 11.7 Å². The maximum Gasteiger partial charge on any atom is 0.340 e. The molecule has 1 aromatic heterocycles. The van der Waals surface area contributed by atoms with Gasteiger partial charge in [-0.2, -0.15) is 0 Å². The average molecular weight is 436 g/mol. The van der Waals surface area contributed by atoms with Gasteiger partial charge in [0.25, 0.3) is 5.91 Å². The van der Waals surface area contributed by atoms with Gasteiger partial charge in [-0.25, -0.2) is 9.78 Å². The van der Waals surface area contributed by atoms with Gasteiger partial charge in [-0.15, -0.1) is 11.3 Å². The van der Waals surface area contributed by atoms with Crippen LogP contribution in [0.25, 0.3) is 0 Å². The van der Waals surface area contributed by atoms with E-state index in [1.54, 1.807) is 41.5 Å². The predicted molar refractivity (Wildman–Crippen MR) is 123 cm³/mol. The van der Waals surface area contributed by atoms with Crippen molar-refractivity contribution in [2.75, 3.05) is 23.9 Å². The molecule has 0 fully saturated rings. The Morgan fingerprint density at radius 2 is 1.81 bits per heavy atom. The Balaban J connectivity index is 1.52. The zero-order valence-corrected chi connectivity index (χ0v) is 18.3. The number of para-hydroxylation sites is 1. The molecule has 3 aromatic rings. The van der Waals surface area contributed by atoms with Gasteiger partial charge in [-0.1, -0.05) is 42.5 Å². The van der Waals surface area contributed by atoms with E-state index in [2.05, 4.69) is 5.32 Å². The molecule has 0 spiro atoms. The van der Waals surface area contributed by atoms with Crippen molar-refractivity contribution in [1.29, 1.82) is 0 Å². The lowest BCUT2D eigenvalue weighted by Crippen LogP contribution is -2.34. The molecule has 0 radical (unpaired) electrons. The normalized spacial score (nSPS) is 12.7. The second-order valence-electron chi connectivity index (χ2n) is 7.41. The summed E-state index contributed by atoms with van der Waals surface area (Å²) in [5.41, 5.74) is 3.15. The number of hydrogen-bond acceptors (Lipinski definition) is 6. The first kappa shape index (κ1) is 21.1. The maximum atomic E-state index is 13.2. The van der Waals surface area contributed by atoms with Crippen LogP contribution in [0, 0.1) is 0 Å². The van der Waals surface area contributed by atoms with Gasteiger partial charge < -0.3 is 10.1 Å². The van der Waals surface area contributed by atoms with E-state index in [0.29, 0.717) is 22.9 Å². The Morgan fingerprint density at radius 1 is 1.06 bits per heavy atom. The molecule has 0 saturated carbocycles. The van der Waals surface area contributed by atoms with E-state index in [1.807, 2.05) is 36.4 Å². The van der Waals surface area contributed by atoms with Crippen LogP contribution < -0.4 is 10.2 Å². The van der Waals surface area contributed by atoms with Crippen molar-refractivity contribution in [2.45, 2.75) is 32.2 Å². The first-order valence-corrected chi connectivity index (χ1v) is 11.2. The Hall–Kier alpha value is -3.19. The minimum absolute atomic E-state index is 0.287. The van der Waals surface area contributed by atoms with Crippen LogP contribution >= 0.6 is 11.3 Å². The van der Waals surface area contributed by atoms with Gasteiger partial charge in [0.2, 0.25) is 0 Å². The van der Waals surface area contributed by atoms with Crippen LogP contribution in [0.3, 0.4) is 0 Å². The Bertz CT molecular complexity index is 1040. The van der Waals surface area contributed by atoms with E-state index in [0.717, 1.165) is 36.9 Å². The number of hydrogen-bond donors (Lipinski definition) is 1. The van der Waals surface area contributed by atoms with Crippen LogP contribution in [0.4, 0.5) is 10.8 Å². The number of nitrogens with zero attached hydrogens (tertiary/aromatic N) is 2. The number of aromatic nitrogens is 1. The molecular formula is C24H25N3O3S. The molecule has 2 aromatic carbocycles. The molecule has 1 amide bonds. The number of amides is 1. The molecule has 1 N–H and O–H groups in total. The fraction of sp³-hybridized carbons (Fsp3) is 0.292. The van der Waals surface area contributed by atoms with Gasteiger partial charge in [-0.3, -0.25) is 9.69 Å². The van der Waals surface area contributed by atoms with Crippen molar-refractivity contribution in [3.8, 4) is 0 Å². The highest BCUT2D eigenvalue weighted by Gasteiger charge is 2.25. The summed E-state index contributed by atoms with van der Waals surface area (Å²) >= 11 is 1.57.